The van der Waals surface area contributed by atoms with Crippen molar-refractivity contribution in [3.63, 3.8) is 0 Å². The third kappa shape index (κ3) is 3.80. The molecule has 0 saturated carbocycles. The van der Waals surface area contributed by atoms with Gasteiger partial charge in [-0.05, 0) is 33.6 Å². The third-order valence-electron chi connectivity index (χ3n) is 2.25. The van der Waals surface area contributed by atoms with Crippen LogP contribution in [-0.4, -0.2) is 16.7 Å². The van der Waals surface area contributed by atoms with Gasteiger partial charge in [-0.1, -0.05) is 22.8 Å². The maximum Gasteiger partial charge on any atom is 0.213 e. The summed E-state index contributed by atoms with van der Waals surface area (Å²) in [5.74, 6) is 0.714. The van der Waals surface area contributed by atoms with E-state index in [9.17, 15) is 0 Å². The minimum atomic E-state index is 0.714. The molecule has 0 radical (unpaired) electrons. The van der Waals surface area contributed by atoms with E-state index in [0.29, 0.717) is 5.82 Å². The average Bonchev–Trinajstić information content (AvgIpc) is 2.82. The van der Waals surface area contributed by atoms with Crippen LogP contribution in [-0.2, 0) is 13.0 Å². The van der Waals surface area contributed by atoms with Crippen molar-refractivity contribution in [1.29, 1.82) is 0 Å². The molecule has 2 rings (SSSR count). The fraction of sp³-hybridized carbons (Fsp3) is 0.273. The fourth-order valence-electron chi connectivity index (χ4n) is 1.39. The van der Waals surface area contributed by atoms with Crippen LogP contribution in [0.4, 0.5) is 0 Å². The summed E-state index contributed by atoms with van der Waals surface area (Å²) in [6.07, 6.45) is 2.09. The zero-order valence-corrected chi connectivity index (χ0v) is 11.3. The average molecular weight is 317 g/mol. The van der Waals surface area contributed by atoms with Crippen molar-refractivity contribution in [2.75, 3.05) is 6.54 Å². The highest BCUT2D eigenvalue weighted by atomic mass is 79.9. The van der Waals surface area contributed by atoms with Crippen molar-refractivity contribution in [1.82, 2.24) is 15.5 Å². The van der Waals surface area contributed by atoms with E-state index in [-0.39, 0.29) is 0 Å². The number of halogens is 2. The molecule has 0 aliphatic heterocycles. The maximum absolute atomic E-state index is 6.00. The van der Waals surface area contributed by atoms with Crippen LogP contribution in [0.2, 0.25) is 5.02 Å². The van der Waals surface area contributed by atoms with E-state index >= 15 is 0 Å². The van der Waals surface area contributed by atoms with E-state index in [0.717, 1.165) is 34.6 Å². The predicted molar refractivity (Wildman–Crippen MR) is 68.9 cm³/mol. The van der Waals surface area contributed by atoms with Crippen molar-refractivity contribution in [2.24, 2.45) is 0 Å². The summed E-state index contributed by atoms with van der Waals surface area (Å²) in [6, 6.07) is 5.91. The van der Waals surface area contributed by atoms with Crippen LogP contribution in [0.15, 0.2) is 33.6 Å². The topological polar surface area (TPSA) is 51.0 Å². The maximum atomic E-state index is 6.00. The first-order chi connectivity index (χ1) is 8.25. The van der Waals surface area contributed by atoms with Crippen molar-refractivity contribution in [3.8, 4) is 0 Å². The molecule has 0 spiro atoms. The van der Waals surface area contributed by atoms with Gasteiger partial charge in [0.25, 0.3) is 0 Å². The molecule has 2 aromatic rings. The van der Waals surface area contributed by atoms with Crippen LogP contribution in [0.25, 0.3) is 0 Å². The molecule has 0 fully saturated rings. The number of nitrogens with one attached hydrogen (secondary N) is 1. The highest BCUT2D eigenvalue weighted by Crippen LogP contribution is 2.22. The summed E-state index contributed by atoms with van der Waals surface area (Å²) in [6.45, 7) is 1.57. The van der Waals surface area contributed by atoms with Gasteiger partial charge in [-0.2, -0.15) is 4.98 Å². The zero-order chi connectivity index (χ0) is 12.1. The first-order valence-corrected chi connectivity index (χ1v) is 6.32. The third-order valence-corrected chi connectivity index (χ3v) is 3.48. The lowest BCUT2D eigenvalue weighted by Crippen LogP contribution is -2.17. The van der Waals surface area contributed by atoms with Gasteiger partial charge in [0, 0.05) is 24.0 Å². The summed E-state index contributed by atoms with van der Waals surface area (Å²) in [7, 11) is 0. The summed E-state index contributed by atoms with van der Waals surface area (Å²) in [4.78, 5) is 3.94. The van der Waals surface area contributed by atoms with E-state index in [1.165, 1.54) is 6.39 Å². The summed E-state index contributed by atoms with van der Waals surface area (Å²) in [5, 5.41) is 7.75. The van der Waals surface area contributed by atoms with E-state index in [4.69, 9.17) is 11.6 Å². The van der Waals surface area contributed by atoms with Gasteiger partial charge in [0.2, 0.25) is 6.39 Å². The molecule has 0 unspecified atom stereocenters. The second-order valence-corrected chi connectivity index (χ2v) is 4.78. The smallest absolute Gasteiger partial charge is 0.213 e. The standard InChI is InChI=1S/C11H11BrClN3O/c12-9-2-1-8(5-10(9)13)6-14-4-3-11-15-7-17-16-11/h1-2,5,7,14H,3-4,6H2. The van der Waals surface area contributed by atoms with E-state index < -0.39 is 0 Å². The van der Waals surface area contributed by atoms with Crippen LogP contribution >= 0.6 is 27.5 Å². The summed E-state index contributed by atoms with van der Waals surface area (Å²) >= 11 is 9.36. The molecule has 0 bridgehead atoms. The van der Waals surface area contributed by atoms with E-state index in [2.05, 4.69) is 35.9 Å². The highest BCUT2D eigenvalue weighted by Gasteiger charge is 2.00. The number of aromatic nitrogens is 2. The zero-order valence-electron chi connectivity index (χ0n) is 8.99. The number of rotatable bonds is 5. The number of hydrogen-bond acceptors (Lipinski definition) is 4. The molecule has 0 aliphatic carbocycles. The van der Waals surface area contributed by atoms with E-state index in [1.807, 2.05) is 18.2 Å². The molecular formula is C11H11BrClN3O. The quantitative estimate of drug-likeness (QED) is 0.862. The Morgan fingerprint density at radius 1 is 1.41 bits per heavy atom. The molecule has 6 heteroatoms. The van der Waals surface area contributed by atoms with Gasteiger partial charge in [0.15, 0.2) is 5.82 Å². The second-order valence-electron chi connectivity index (χ2n) is 3.52. The number of hydrogen-bond donors (Lipinski definition) is 1. The summed E-state index contributed by atoms with van der Waals surface area (Å²) < 4.78 is 5.56. The Hall–Kier alpha value is -0.910. The molecule has 90 valence electrons. The molecule has 1 aromatic heterocycles. The largest absolute Gasteiger partial charge is 0.343 e. The van der Waals surface area contributed by atoms with Gasteiger partial charge in [-0.3, -0.25) is 0 Å². The van der Waals surface area contributed by atoms with Crippen molar-refractivity contribution >= 4 is 27.5 Å². The Morgan fingerprint density at radius 3 is 3.00 bits per heavy atom. The molecule has 4 nitrogen and oxygen atoms in total. The Bertz CT molecular complexity index is 476. The molecule has 0 amide bonds. The molecule has 0 saturated heterocycles. The van der Waals surface area contributed by atoms with E-state index in [1.54, 1.807) is 0 Å². The van der Waals surface area contributed by atoms with Crippen LogP contribution in [0, 0.1) is 0 Å². The predicted octanol–water partition coefficient (Wildman–Crippen LogP) is 2.82. The van der Waals surface area contributed by atoms with Gasteiger partial charge < -0.3 is 9.84 Å². The van der Waals surface area contributed by atoms with Gasteiger partial charge in [0.05, 0.1) is 5.02 Å². The summed E-state index contributed by atoms with van der Waals surface area (Å²) in [5.41, 5.74) is 1.14. The minimum Gasteiger partial charge on any atom is -0.343 e. The minimum absolute atomic E-state index is 0.714. The normalized spacial score (nSPS) is 10.7. The van der Waals surface area contributed by atoms with Crippen molar-refractivity contribution < 1.29 is 4.52 Å². The first kappa shape index (κ1) is 12.5. The number of nitrogens with zero attached hydrogens (tertiary/aromatic N) is 2. The molecule has 1 aromatic carbocycles. The monoisotopic (exact) mass is 315 g/mol. The second kappa shape index (κ2) is 6.14. The van der Waals surface area contributed by atoms with Gasteiger partial charge in [0.1, 0.15) is 0 Å². The Balaban J connectivity index is 1.76. The van der Waals surface area contributed by atoms with Crippen molar-refractivity contribution in [3.05, 3.63) is 45.5 Å². The highest BCUT2D eigenvalue weighted by molar-refractivity contribution is 9.10. The molecule has 1 heterocycles. The number of benzene rings is 1. The lowest BCUT2D eigenvalue weighted by Gasteiger charge is -2.04. The Morgan fingerprint density at radius 2 is 2.29 bits per heavy atom. The molecule has 17 heavy (non-hydrogen) atoms. The Labute approximate surface area is 112 Å². The van der Waals surface area contributed by atoms with Gasteiger partial charge in [-0.15, -0.1) is 0 Å². The van der Waals surface area contributed by atoms with Gasteiger partial charge in [-0.25, -0.2) is 0 Å². The lowest BCUT2D eigenvalue weighted by molar-refractivity contribution is 0.409. The first-order valence-electron chi connectivity index (χ1n) is 5.15. The molecule has 0 aliphatic rings. The van der Waals surface area contributed by atoms with Gasteiger partial charge >= 0.3 is 0 Å². The van der Waals surface area contributed by atoms with Crippen LogP contribution in [0.5, 0.6) is 0 Å². The molecular weight excluding hydrogens is 305 g/mol. The lowest BCUT2D eigenvalue weighted by atomic mass is 10.2. The molecule has 0 atom stereocenters. The molecule has 1 N–H and O–H groups in total. The van der Waals surface area contributed by atoms with Crippen molar-refractivity contribution in [2.45, 2.75) is 13.0 Å². The van der Waals surface area contributed by atoms with Crippen LogP contribution in [0.3, 0.4) is 0 Å². The van der Waals surface area contributed by atoms with Crippen LogP contribution in [0.1, 0.15) is 11.4 Å². The fourth-order valence-corrected chi connectivity index (χ4v) is 1.83. The SMILES string of the molecule is Clc1cc(CNCCc2ncon2)ccc1Br. The Kier molecular flexibility index (Phi) is 4.53. The van der Waals surface area contributed by atoms with Crippen LogP contribution < -0.4 is 5.32 Å².